The second-order valence-electron chi connectivity index (χ2n) is 3.93. The molecule has 3 N–H and O–H groups in total. The van der Waals surface area contributed by atoms with Crippen molar-refractivity contribution in [2.75, 3.05) is 16.8 Å². The van der Waals surface area contributed by atoms with Gasteiger partial charge in [-0.05, 0) is 12.8 Å². The number of rotatable bonds is 2. The van der Waals surface area contributed by atoms with Gasteiger partial charge in [-0.25, -0.2) is 18.3 Å². The summed E-state index contributed by atoms with van der Waals surface area (Å²) in [4.78, 5) is 24.1. The first-order chi connectivity index (χ1) is 7.96. The molecule has 0 spiro atoms. The summed E-state index contributed by atoms with van der Waals surface area (Å²) >= 11 is 0. The molecule has 0 atom stereocenters. The Morgan fingerprint density at radius 2 is 1.88 bits per heavy atom. The summed E-state index contributed by atoms with van der Waals surface area (Å²) in [5.41, 5.74) is -1.28. The maximum absolute atomic E-state index is 11.3. The highest BCUT2D eigenvalue weighted by Crippen LogP contribution is 2.14. The number of anilines is 1. The van der Waals surface area contributed by atoms with Gasteiger partial charge in [-0.3, -0.25) is 9.78 Å². The van der Waals surface area contributed by atoms with Crippen molar-refractivity contribution in [1.29, 1.82) is 0 Å². The molecule has 2 heterocycles. The van der Waals surface area contributed by atoms with Crippen LogP contribution in [-0.2, 0) is 9.84 Å². The van der Waals surface area contributed by atoms with Crippen LogP contribution in [0.15, 0.2) is 9.59 Å². The SMILES string of the molecule is O=c1[nH]nc(NC2CCS(=O)(=O)CC2)c(=O)[nH]1. The molecule has 0 saturated carbocycles. The molecule has 0 bridgehead atoms. The molecule has 8 nitrogen and oxygen atoms in total. The van der Waals surface area contributed by atoms with E-state index in [9.17, 15) is 18.0 Å². The average molecular weight is 260 g/mol. The first-order valence-corrected chi connectivity index (χ1v) is 6.94. The third-order valence-electron chi connectivity index (χ3n) is 2.61. The maximum Gasteiger partial charge on any atom is 0.342 e. The van der Waals surface area contributed by atoms with Crippen LogP contribution in [0.5, 0.6) is 0 Å². The fourth-order valence-electron chi connectivity index (χ4n) is 1.67. The fraction of sp³-hybridized carbons (Fsp3) is 0.625. The Hall–Kier alpha value is -1.64. The molecule has 1 aliphatic rings. The van der Waals surface area contributed by atoms with Gasteiger partial charge in [0.2, 0.25) is 5.82 Å². The second-order valence-corrected chi connectivity index (χ2v) is 6.23. The summed E-state index contributed by atoms with van der Waals surface area (Å²) in [5.74, 6) is 0.214. The van der Waals surface area contributed by atoms with Crippen molar-refractivity contribution in [2.24, 2.45) is 0 Å². The van der Waals surface area contributed by atoms with E-state index in [1.165, 1.54) is 0 Å². The van der Waals surface area contributed by atoms with E-state index < -0.39 is 21.1 Å². The molecule has 0 amide bonds. The summed E-state index contributed by atoms with van der Waals surface area (Å²) in [7, 11) is -2.93. The van der Waals surface area contributed by atoms with Crippen LogP contribution in [0.4, 0.5) is 5.82 Å². The van der Waals surface area contributed by atoms with Gasteiger partial charge < -0.3 is 5.32 Å². The van der Waals surface area contributed by atoms with Crippen LogP contribution in [0.1, 0.15) is 12.8 Å². The number of sulfone groups is 1. The summed E-state index contributed by atoms with van der Waals surface area (Å²) < 4.78 is 22.4. The van der Waals surface area contributed by atoms with E-state index in [1.807, 2.05) is 4.98 Å². The van der Waals surface area contributed by atoms with Crippen molar-refractivity contribution in [2.45, 2.75) is 18.9 Å². The lowest BCUT2D eigenvalue weighted by Crippen LogP contribution is -2.36. The third kappa shape index (κ3) is 2.93. The lowest BCUT2D eigenvalue weighted by atomic mass is 10.1. The van der Waals surface area contributed by atoms with Gasteiger partial charge in [0.15, 0.2) is 0 Å². The Labute approximate surface area is 96.4 Å². The zero-order valence-electron chi connectivity index (χ0n) is 8.89. The number of hydrogen-bond donors (Lipinski definition) is 3. The lowest BCUT2D eigenvalue weighted by molar-refractivity contribution is 0.558. The molecule has 94 valence electrons. The van der Waals surface area contributed by atoms with Crippen LogP contribution >= 0.6 is 0 Å². The third-order valence-corrected chi connectivity index (χ3v) is 4.32. The topological polar surface area (TPSA) is 125 Å². The Balaban J connectivity index is 2.08. The van der Waals surface area contributed by atoms with Crippen LogP contribution < -0.4 is 16.6 Å². The lowest BCUT2D eigenvalue weighted by Gasteiger charge is -2.22. The van der Waals surface area contributed by atoms with Crippen molar-refractivity contribution < 1.29 is 8.42 Å². The molecule has 2 rings (SSSR count). The summed E-state index contributed by atoms with van der Waals surface area (Å²) in [6.45, 7) is 0. The van der Waals surface area contributed by atoms with Crippen LogP contribution in [0.25, 0.3) is 0 Å². The molecule has 1 aliphatic heterocycles. The molecule has 17 heavy (non-hydrogen) atoms. The molecule has 0 aliphatic carbocycles. The van der Waals surface area contributed by atoms with E-state index in [4.69, 9.17) is 0 Å². The minimum Gasteiger partial charge on any atom is -0.361 e. The highest BCUT2D eigenvalue weighted by molar-refractivity contribution is 7.91. The first-order valence-electron chi connectivity index (χ1n) is 5.12. The van der Waals surface area contributed by atoms with Gasteiger partial charge in [-0.1, -0.05) is 0 Å². The number of aromatic nitrogens is 3. The van der Waals surface area contributed by atoms with E-state index in [0.717, 1.165) is 0 Å². The molecular formula is C8H12N4O4S. The standard InChI is InChI=1S/C8H12N4O4S/c13-7-6(11-12-8(14)10-7)9-5-1-3-17(15,16)4-2-5/h5H,1-4H2,(H,9,11)(H2,10,12,13,14). The van der Waals surface area contributed by atoms with E-state index in [1.54, 1.807) is 0 Å². The number of nitrogens with zero attached hydrogens (tertiary/aromatic N) is 1. The zero-order valence-corrected chi connectivity index (χ0v) is 9.71. The molecule has 1 saturated heterocycles. The number of aromatic amines is 2. The summed E-state index contributed by atoms with van der Waals surface area (Å²) in [6.07, 6.45) is 0.866. The molecular weight excluding hydrogens is 248 g/mol. The summed E-state index contributed by atoms with van der Waals surface area (Å²) in [5, 5.41) is 8.50. The van der Waals surface area contributed by atoms with E-state index in [-0.39, 0.29) is 23.4 Å². The zero-order chi connectivity index (χ0) is 12.5. The van der Waals surface area contributed by atoms with Crippen molar-refractivity contribution in [3.63, 3.8) is 0 Å². The van der Waals surface area contributed by atoms with Crippen LogP contribution in [0.3, 0.4) is 0 Å². The number of nitrogens with one attached hydrogen (secondary N) is 3. The molecule has 0 radical (unpaired) electrons. The van der Waals surface area contributed by atoms with Crippen LogP contribution in [-0.4, -0.2) is 41.1 Å². The second kappa shape index (κ2) is 4.32. The quantitative estimate of drug-likeness (QED) is 0.591. The predicted octanol–water partition coefficient (Wildman–Crippen LogP) is -1.55. The molecule has 0 unspecified atom stereocenters. The first kappa shape index (κ1) is 11.8. The van der Waals surface area contributed by atoms with Gasteiger partial charge in [-0.15, -0.1) is 5.10 Å². The normalized spacial score (nSPS) is 20.0. The number of H-pyrrole nitrogens is 2. The largest absolute Gasteiger partial charge is 0.361 e. The molecule has 1 aromatic heterocycles. The molecule has 0 aromatic carbocycles. The highest BCUT2D eigenvalue weighted by atomic mass is 32.2. The predicted molar refractivity (Wildman–Crippen MR) is 60.8 cm³/mol. The molecule has 1 aromatic rings. The van der Waals surface area contributed by atoms with Crippen LogP contribution in [0, 0.1) is 0 Å². The van der Waals surface area contributed by atoms with Crippen molar-refractivity contribution in [1.82, 2.24) is 15.2 Å². The van der Waals surface area contributed by atoms with Gasteiger partial charge in [0.25, 0.3) is 5.56 Å². The van der Waals surface area contributed by atoms with Crippen molar-refractivity contribution in [3.8, 4) is 0 Å². The van der Waals surface area contributed by atoms with E-state index in [0.29, 0.717) is 12.8 Å². The number of hydrogen-bond acceptors (Lipinski definition) is 6. The Bertz CT molecular complexity index is 603. The molecule has 1 fully saturated rings. The minimum absolute atomic E-state index is 0.00824. The Morgan fingerprint density at radius 1 is 1.24 bits per heavy atom. The monoisotopic (exact) mass is 260 g/mol. The van der Waals surface area contributed by atoms with Gasteiger partial charge in [-0.2, -0.15) is 0 Å². The van der Waals surface area contributed by atoms with Gasteiger partial charge in [0.1, 0.15) is 9.84 Å². The average Bonchev–Trinajstić information content (AvgIpc) is 2.25. The van der Waals surface area contributed by atoms with E-state index >= 15 is 0 Å². The van der Waals surface area contributed by atoms with E-state index in [2.05, 4.69) is 15.5 Å². The van der Waals surface area contributed by atoms with Gasteiger partial charge in [0, 0.05) is 6.04 Å². The van der Waals surface area contributed by atoms with Gasteiger partial charge in [0.05, 0.1) is 11.5 Å². The maximum atomic E-state index is 11.3. The highest BCUT2D eigenvalue weighted by Gasteiger charge is 2.24. The van der Waals surface area contributed by atoms with Gasteiger partial charge >= 0.3 is 5.69 Å². The summed E-state index contributed by atoms with van der Waals surface area (Å²) in [6, 6.07) is -0.113. The van der Waals surface area contributed by atoms with Crippen molar-refractivity contribution in [3.05, 3.63) is 20.8 Å². The Kier molecular flexibility index (Phi) is 3.01. The van der Waals surface area contributed by atoms with Crippen LogP contribution in [0.2, 0.25) is 0 Å². The minimum atomic E-state index is -2.93. The smallest absolute Gasteiger partial charge is 0.342 e. The Morgan fingerprint density at radius 3 is 2.47 bits per heavy atom. The fourth-order valence-corrected chi connectivity index (χ4v) is 3.16. The molecule has 9 heteroatoms. The van der Waals surface area contributed by atoms with Crippen molar-refractivity contribution >= 4 is 15.7 Å².